The summed E-state index contributed by atoms with van der Waals surface area (Å²) in [6.45, 7) is -0.214. The van der Waals surface area contributed by atoms with Crippen molar-refractivity contribution in [1.29, 1.82) is 0 Å². The first kappa shape index (κ1) is 14.8. The fourth-order valence-electron chi connectivity index (χ4n) is 1.76. The smallest absolute Gasteiger partial charge is 0.416 e. The summed E-state index contributed by atoms with van der Waals surface area (Å²) in [5, 5.41) is 18.6. The minimum absolute atomic E-state index is 0.00741. The van der Waals surface area contributed by atoms with Gasteiger partial charge in [0.25, 0.3) is 0 Å². The molecule has 0 saturated carbocycles. The third kappa shape index (κ3) is 3.47. The van der Waals surface area contributed by atoms with Crippen LogP contribution in [-0.2, 0) is 12.7 Å². The van der Waals surface area contributed by atoms with Crippen LogP contribution < -0.4 is 5.32 Å². The zero-order chi connectivity index (χ0) is 15.5. The van der Waals surface area contributed by atoms with Gasteiger partial charge < -0.3 is 10.4 Å². The van der Waals surface area contributed by atoms with E-state index in [-0.39, 0.29) is 23.5 Å². The Kier molecular flexibility index (Phi) is 4.06. The number of nitrogens with zero attached hydrogens (tertiary/aromatic N) is 2. The van der Waals surface area contributed by atoms with Crippen molar-refractivity contribution in [3.63, 3.8) is 0 Å². The monoisotopic (exact) mass is 297 g/mol. The van der Waals surface area contributed by atoms with Crippen molar-refractivity contribution in [1.82, 2.24) is 10.2 Å². The standard InChI is InChI=1S/C13H10F3N3O2/c14-13(15,16)10-4-2-1-3-8(10)7-17-11-9(12(20)21)5-6-18-19-11/h1-6H,7H2,(H,17,19)(H,20,21). The normalized spacial score (nSPS) is 11.2. The summed E-state index contributed by atoms with van der Waals surface area (Å²) in [6.07, 6.45) is -3.28. The lowest BCUT2D eigenvalue weighted by atomic mass is 10.1. The lowest BCUT2D eigenvalue weighted by Crippen LogP contribution is -2.14. The average Bonchev–Trinajstić information content (AvgIpc) is 2.44. The topological polar surface area (TPSA) is 75.1 Å². The second-order valence-corrected chi connectivity index (χ2v) is 4.11. The quantitative estimate of drug-likeness (QED) is 0.907. The van der Waals surface area contributed by atoms with Crippen molar-refractivity contribution in [3.05, 3.63) is 53.2 Å². The molecule has 0 aliphatic carbocycles. The van der Waals surface area contributed by atoms with E-state index in [1.165, 1.54) is 30.5 Å². The lowest BCUT2D eigenvalue weighted by molar-refractivity contribution is -0.138. The van der Waals surface area contributed by atoms with E-state index in [0.29, 0.717) is 0 Å². The van der Waals surface area contributed by atoms with Crippen LogP contribution in [-0.4, -0.2) is 21.3 Å². The number of carboxylic acid groups (broad SMARTS) is 1. The molecule has 0 amide bonds. The highest BCUT2D eigenvalue weighted by molar-refractivity contribution is 5.92. The van der Waals surface area contributed by atoms with Gasteiger partial charge in [0.05, 0.1) is 11.8 Å². The van der Waals surface area contributed by atoms with Crippen LogP contribution in [0.15, 0.2) is 36.5 Å². The maximum absolute atomic E-state index is 12.8. The van der Waals surface area contributed by atoms with Crippen molar-refractivity contribution in [2.75, 3.05) is 5.32 Å². The highest BCUT2D eigenvalue weighted by Gasteiger charge is 2.32. The summed E-state index contributed by atoms with van der Waals surface area (Å²) < 4.78 is 38.5. The number of hydrogen-bond acceptors (Lipinski definition) is 4. The average molecular weight is 297 g/mol. The first-order valence-electron chi connectivity index (χ1n) is 5.83. The molecule has 0 saturated heterocycles. The molecule has 0 bridgehead atoms. The molecular formula is C13H10F3N3O2. The highest BCUT2D eigenvalue weighted by Crippen LogP contribution is 2.32. The molecule has 110 valence electrons. The van der Waals surface area contributed by atoms with Crippen LogP contribution in [0.5, 0.6) is 0 Å². The maximum Gasteiger partial charge on any atom is 0.416 e. The second kappa shape index (κ2) is 5.78. The van der Waals surface area contributed by atoms with Gasteiger partial charge >= 0.3 is 12.1 Å². The molecule has 0 unspecified atom stereocenters. The molecular weight excluding hydrogens is 287 g/mol. The number of aromatic nitrogens is 2. The van der Waals surface area contributed by atoms with Gasteiger partial charge in [-0.15, -0.1) is 5.10 Å². The van der Waals surface area contributed by atoms with E-state index in [2.05, 4.69) is 15.5 Å². The van der Waals surface area contributed by atoms with E-state index >= 15 is 0 Å². The van der Waals surface area contributed by atoms with Crippen molar-refractivity contribution < 1.29 is 23.1 Å². The summed E-state index contributed by atoms with van der Waals surface area (Å²) in [7, 11) is 0. The molecule has 2 aromatic rings. The second-order valence-electron chi connectivity index (χ2n) is 4.11. The maximum atomic E-state index is 12.8. The molecule has 0 radical (unpaired) electrons. The number of anilines is 1. The Hall–Kier alpha value is -2.64. The molecule has 1 aromatic carbocycles. The van der Waals surface area contributed by atoms with Gasteiger partial charge in [0.15, 0.2) is 5.82 Å². The highest BCUT2D eigenvalue weighted by atomic mass is 19.4. The molecule has 2 rings (SSSR count). The van der Waals surface area contributed by atoms with Gasteiger partial charge in [-0.1, -0.05) is 18.2 Å². The Morgan fingerprint density at radius 3 is 2.62 bits per heavy atom. The van der Waals surface area contributed by atoms with E-state index in [1.807, 2.05) is 0 Å². The van der Waals surface area contributed by atoms with E-state index in [0.717, 1.165) is 6.07 Å². The minimum Gasteiger partial charge on any atom is -0.478 e. The Morgan fingerprint density at radius 1 is 1.24 bits per heavy atom. The summed E-state index contributed by atoms with van der Waals surface area (Å²) in [6, 6.07) is 6.25. The van der Waals surface area contributed by atoms with Crippen LogP contribution in [0.4, 0.5) is 19.0 Å². The first-order chi connectivity index (χ1) is 9.89. The fourth-order valence-corrected chi connectivity index (χ4v) is 1.76. The zero-order valence-electron chi connectivity index (χ0n) is 10.6. The van der Waals surface area contributed by atoms with Crippen LogP contribution in [0.25, 0.3) is 0 Å². The summed E-state index contributed by atoms with van der Waals surface area (Å²) in [4.78, 5) is 11.0. The molecule has 1 aromatic heterocycles. The number of rotatable bonds is 4. The van der Waals surface area contributed by atoms with Gasteiger partial charge in [0.2, 0.25) is 0 Å². The molecule has 1 heterocycles. The van der Waals surface area contributed by atoms with Crippen LogP contribution in [0.2, 0.25) is 0 Å². The van der Waals surface area contributed by atoms with Gasteiger partial charge in [-0.05, 0) is 17.7 Å². The molecule has 2 N–H and O–H groups in total. The Bertz CT molecular complexity index is 659. The summed E-state index contributed by atoms with van der Waals surface area (Å²) in [5.74, 6) is -1.32. The molecule has 8 heteroatoms. The Labute approximate surface area is 117 Å². The summed E-state index contributed by atoms with van der Waals surface area (Å²) in [5.41, 5.74) is -0.945. The van der Waals surface area contributed by atoms with Crippen LogP contribution >= 0.6 is 0 Å². The van der Waals surface area contributed by atoms with Crippen molar-refractivity contribution >= 4 is 11.8 Å². The van der Waals surface area contributed by atoms with E-state index in [4.69, 9.17) is 5.11 Å². The van der Waals surface area contributed by atoms with E-state index in [1.54, 1.807) is 0 Å². The Balaban J connectivity index is 2.24. The predicted octanol–water partition coefficient (Wildman–Crippen LogP) is 2.81. The largest absolute Gasteiger partial charge is 0.478 e. The third-order valence-corrected chi connectivity index (χ3v) is 2.72. The van der Waals surface area contributed by atoms with Gasteiger partial charge in [0, 0.05) is 6.54 Å². The number of alkyl halides is 3. The SMILES string of the molecule is O=C(O)c1ccnnc1NCc1ccccc1C(F)(F)F. The van der Waals surface area contributed by atoms with Gasteiger partial charge in [0.1, 0.15) is 5.56 Å². The number of halogens is 3. The zero-order valence-corrected chi connectivity index (χ0v) is 10.6. The predicted molar refractivity (Wildman–Crippen MR) is 67.8 cm³/mol. The molecule has 0 aliphatic heterocycles. The van der Waals surface area contributed by atoms with Gasteiger partial charge in [-0.25, -0.2) is 4.79 Å². The van der Waals surface area contributed by atoms with Gasteiger partial charge in [-0.2, -0.15) is 18.3 Å². The number of nitrogens with one attached hydrogen (secondary N) is 1. The van der Waals surface area contributed by atoms with Crippen molar-refractivity contribution in [2.45, 2.75) is 12.7 Å². The number of carbonyl (C=O) groups is 1. The molecule has 0 spiro atoms. The van der Waals surface area contributed by atoms with Crippen LogP contribution in [0.3, 0.4) is 0 Å². The molecule has 5 nitrogen and oxygen atoms in total. The molecule has 21 heavy (non-hydrogen) atoms. The van der Waals surface area contributed by atoms with Crippen LogP contribution in [0, 0.1) is 0 Å². The van der Waals surface area contributed by atoms with E-state index in [9.17, 15) is 18.0 Å². The number of benzene rings is 1. The molecule has 0 aliphatic rings. The molecule has 0 atom stereocenters. The van der Waals surface area contributed by atoms with Crippen LogP contribution in [0.1, 0.15) is 21.5 Å². The van der Waals surface area contributed by atoms with Crippen molar-refractivity contribution in [2.24, 2.45) is 0 Å². The Morgan fingerprint density at radius 2 is 1.95 bits per heavy atom. The lowest BCUT2D eigenvalue weighted by Gasteiger charge is -2.13. The van der Waals surface area contributed by atoms with E-state index < -0.39 is 17.7 Å². The fraction of sp³-hybridized carbons (Fsp3) is 0.154. The summed E-state index contributed by atoms with van der Waals surface area (Å²) >= 11 is 0. The number of hydrogen-bond donors (Lipinski definition) is 2. The number of carboxylic acids is 1. The number of aromatic carboxylic acids is 1. The molecule has 0 fully saturated rings. The minimum atomic E-state index is -4.48. The first-order valence-corrected chi connectivity index (χ1v) is 5.83. The van der Waals surface area contributed by atoms with Gasteiger partial charge in [-0.3, -0.25) is 0 Å². The van der Waals surface area contributed by atoms with Crippen molar-refractivity contribution in [3.8, 4) is 0 Å². The third-order valence-electron chi connectivity index (χ3n) is 2.72.